The van der Waals surface area contributed by atoms with Gasteiger partial charge in [-0.1, -0.05) is 29.3 Å². The van der Waals surface area contributed by atoms with E-state index in [0.29, 0.717) is 4.68 Å². The van der Waals surface area contributed by atoms with E-state index in [1.807, 2.05) is 0 Å². The van der Waals surface area contributed by atoms with Gasteiger partial charge in [0, 0.05) is 17.8 Å². The van der Waals surface area contributed by atoms with E-state index < -0.39 is 34.9 Å². The molecule has 0 unspecified atom stereocenters. The molecular formula is C23H16ClF4N5O2. The number of pyridine rings is 1. The lowest BCUT2D eigenvalue weighted by Gasteiger charge is -2.12. The van der Waals surface area contributed by atoms with Crippen molar-refractivity contribution in [2.24, 2.45) is 5.73 Å². The fourth-order valence-electron chi connectivity index (χ4n) is 3.36. The number of alkyl halides is 3. The van der Waals surface area contributed by atoms with Crippen LogP contribution in [-0.4, -0.2) is 20.7 Å². The Morgan fingerprint density at radius 3 is 2.37 bits per heavy atom. The van der Waals surface area contributed by atoms with Crippen molar-refractivity contribution in [1.82, 2.24) is 14.8 Å². The van der Waals surface area contributed by atoms with Gasteiger partial charge in [-0.3, -0.25) is 4.79 Å². The summed E-state index contributed by atoms with van der Waals surface area (Å²) in [5.41, 5.74) is 8.94. The Morgan fingerprint density at radius 2 is 1.77 bits per heavy atom. The smallest absolute Gasteiger partial charge is 0.434 e. The zero-order valence-corrected chi connectivity index (χ0v) is 18.7. The number of halogens is 5. The maximum atomic E-state index is 14.9. The lowest BCUT2D eigenvalue weighted by Crippen LogP contribution is -2.21. The number of nitrogen functional groups attached to an aromatic ring is 1. The average molecular weight is 506 g/mol. The number of benzene rings is 2. The molecule has 0 aliphatic carbocycles. The van der Waals surface area contributed by atoms with Crippen molar-refractivity contribution in [1.29, 1.82) is 0 Å². The Kier molecular flexibility index (Phi) is 6.12. The van der Waals surface area contributed by atoms with E-state index >= 15 is 0 Å². The quantitative estimate of drug-likeness (QED) is 0.347. The number of anilines is 1. The van der Waals surface area contributed by atoms with Gasteiger partial charge in [0.05, 0.1) is 11.3 Å². The summed E-state index contributed by atoms with van der Waals surface area (Å²) in [4.78, 5) is 15.9. The molecule has 35 heavy (non-hydrogen) atoms. The van der Waals surface area contributed by atoms with Crippen LogP contribution in [0.4, 0.5) is 23.4 Å². The molecule has 0 bridgehead atoms. The number of hydrogen-bond donors (Lipinski definition) is 2. The number of primary amides is 1. The molecule has 2 heterocycles. The number of aromatic nitrogens is 3. The molecule has 1 amide bonds. The molecule has 12 heteroatoms. The van der Waals surface area contributed by atoms with Crippen LogP contribution in [0.25, 0.3) is 16.9 Å². The van der Waals surface area contributed by atoms with E-state index in [0.717, 1.165) is 17.7 Å². The van der Waals surface area contributed by atoms with E-state index in [4.69, 9.17) is 27.8 Å². The van der Waals surface area contributed by atoms with Crippen molar-refractivity contribution in [3.8, 4) is 28.4 Å². The van der Waals surface area contributed by atoms with Crippen molar-refractivity contribution in [3.05, 3.63) is 82.4 Å². The molecule has 7 nitrogen and oxygen atoms in total. The number of ether oxygens (including phenoxy) is 1. The molecule has 2 aromatic heterocycles. The van der Waals surface area contributed by atoms with Crippen LogP contribution in [0.2, 0.25) is 5.02 Å². The molecule has 0 fully saturated rings. The first kappa shape index (κ1) is 24.0. The Hall–Kier alpha value is -4.12. The Morgan fingerprint density at radius 1 is 1.09 bits per heavy atom. The number of rotatable bonds is 5. The SMILES string of the molecule is Cc1ccc(-n2nc(-c3ccc(Oc4ccnc(N)c4Cl)c(F)c3)c(C(N)=O)c2C(F)(F)F)cc1. The third-order valence-corrected chi connectivity index (χ3v) is 5.36. The molecule has 4 aromatic rings. The zero-order chi connectivity index (χ0) is 25.5. The molecular weight excluding hydrogens is 490 g/mol. The maximum absolute atomic E-state index is 14.9. The van der Waals surface area contributed by atoms with Gasteiger partial charge in [-0.05, 0) is 37.3 Å². The number of aryl methyl sites for hydroxylation is 1. The first-order valence-electron chi connectivity index (χ1n) is 9.92. The highest BCUT2D eigenvalue weighted by Crippen LogP contribution is 2.40. The molecule has 2 aromatic carbocycles. The second-order valence-electron chi connectivity index (χ2n) is 7.44. The van der Waals surface area contributed by atoms with Crippen molar-refractivity contribution in [2.45, 2.75) is 13.1 Å². The van der Waals surface area contributed by atoms with E-state index in [9.17, 15) is 22.4 Å². The van der Waals surface area contributed by atoms with Crippen LogP contribution >= 0.6 is 11.6 Å². The van der Waals surface area contributed by atoms with Crippen molar-refractivity contribution in [3.63, 3.8) is 0 Å². The number of nitrogens with zero attached hydrogens (tertiary/aromatic N) is 3. The molecule has 0 saturated heterocycles. The van der Waals surface area contributed by atoms with Crippen LogP contribution in [0.5, 0.6) is 11.5 Å². The molecule has 0 atom stereocenters. The zero-order valence-electron chi connectivity index (χ0n) is 17.9. The van der Waals surface area contributed by atoms with Gasteiger partial charge in [0.2, 0.25) is 0 Å². The second kappa shape index (κ2) is 8.91. The van der Waals surface area contributed by atoms with Crippen LogP contribution in [0.1, 0.15) is 21.6 Å². The summed E-state index contributed by atoms with van der Waals surface area (Å²) in [5.74, 6) is -2.63. The highest BCUT2D eigenvalue weighted by Gasteiger charge is 2.42. The molecule has 0 aliphatic rings. The highest BCUT2D eigenvalue weighted by atomic mass is 35.5. The van der Waals surface area contributed by atoms with Crippen LogP contribution in [0, 0.1) is 12.7 Å². The summed E-state index contributed by atoms with van der Waals surface area (Å²) >= 11 is 6.00. The largest absolute Gasteiger partial charge is 0.453 e. The van der Waals surface area contributed by atoms with Gasteiger partial charge in [-0.2, -0.15) is 18.3 Å². The van der Waals surface area contributed by atoms with Gasteiger partial charge >= 0.3 is 6.18 Å². The van der Waals surface area contributed by atoms with Crippen molar-refractivity contribution in [2.75, 3.05) is 5.73 Å². The fourth-order valence-corrected chi connectivity index (χ4v) is 3.51. The summed E-state index contributed by atoms with van der Waals surface area (Å²) in [6.45, 7) is 1.76. The molecule has 4 rings (SSSR count). The summed E-state index contributed by atoms with van der Waals surface area (Å²) < 4.78 is 63.0. The maximum Gasteiger partial charge on any atom is 0.434 e. The lowest BCUT2D eigenvalue weighted by molar-refractivity contribution is -0.143. The minimum Gasteiger partial charge on any atom is -0.453 e. The van der Waals surface area contributed by atoms with Crippen LogP contribution in [0.3, 0.4) is 0 Å². The summed E-state index contributed by atoms with van der Waals surface area (Å²) in [7, 11) is 0. The Balaban J connectivity index is 1.85. The number of carbonyl (C=O) groups excluding carboxylic acids is 1. The minimum atomic E-state index is -4.99. The minimum absolute atomic E-state index is 0.0200. The number of amides is 1. The van der Waals surface area contributed by atoms with Gasteiger partial charge in [0.1, 0.15) is 16.5 Å². The predicted octanol–water partition coefficient (Wildman–Crippen LogP) is 5.53. The van der Waals surface area contributed by atoms with Gasteiger partial charge in [-0.15, -0.1) is 0 Å². The molecule has 0 spiro atoms. The predicted molar refractivity (Wildman–Crippen MR) is 121 cm³/mol. The first-order chi connectivity index (χ1) is 16.5. The summed E-state index contributed by atoms with van der Waals surface area (Å²) in [6.07, 6.45) is -3.68. The summed E-state index contributed by atoms with van der Waals surface area (Å²) in [5, 5.41) is 3.95. The van der Waals surface area contributed by atoms with Crippen LogP contribution in [-0.2, 0) is 6.18 Å². The van der Waals surface area contributed by atoms with Gasteiger partial charge in [-0.25, -0.2) is 14.1 Å². The third-order valence-electron chi connectivity index (χ3n) is 4.98. The second-order valence-corrected chi connectivity index (χ2v) is 7.82. The van der Waals surface area contributed by atoms with Gasteiger partial charge < -0.3 is 16.2 Å². The van der Waals surface area contributed by atoms with E-state index in [1.54, 1.807) is 19.1 Å². The normalized spacial score (nSPS) is 11.5. The highest BCUT2D eigenvalue weighted by molar-refractivity contribution is 6.34. The summed E-state index contributed by atoms with van der Waals surface area (Å²) in [6, 6.07) is 10.6. The standard InChI is InChI=1S/C23H16ClF4N5O2/c1-11-2-5-13(6-3-11)33-20(23(26,27)28)17(22(30)34)19(32-33)12-4-7-15(14(25)10-12)35-16-8-9-31-21(29)18(16)24/h2-10H,1H3,(H2,29,31)(H2,30,34). The molecule has 0 radical (unpaired) electrons. The fraction of sp³-hybridized carbons (Fsp3) is 0.0870. The molecule has 180 valence electrons. The number of nitrogens with two attached hydrogens (primary N) is 2. The van der Waals surface area contributed by atoms with Gasteiger partial charge in [0.25, 0.3) is 5.91 Å². The van der Waals surface area contributed by atoms with Crippen LogP contribution < -0.4 is 16.2 Å². The van der Waals surface area contributed by atoms with E-state index in [2.05, 4.69) is 10.1 Å². The molecule has 0 saturated carbocycles. The lowest BCUT2D eigenvalue weighted by atomic mass is 10.0. The third kappa shape index (κ3) is 4.62. The van der Waals surface area contributed by atoms with Gasteiger partial charge in [0.15, 0.2) is 23.0 Å². The number of carbonyl (C=O) groups is 1. The number of hydrogen-bond acceptors (Lipinski definition) is 5. The average Bonchev–Trinajstić information content (AvgIpc) is 3.20. The monoisotopic (exact) mass is 505 g/mol. The van der Waals surface area contributed by atoms with Crippen molar-refractivity contribution >= 4 is 23.3 Å². The van der Waals surface area contributed by atoms with E-state index in [1.165, 1.54) is 30.5 Å². The topological polar surface area (TPSA) is 109 Å². The Bertz CT molecular complexity index is 1440. The molecule has 0 aliphatic heterocycles. The Labute approximate surface area is 200 Å². The first-order valence-corrected chi connectivity index (χ1v) is 10.3. The molecule has 4 N–H and O–H groups in total. The van der Waals surface area contributed by atoms with E-state index in [-0.39, 0.29) is 33.6 Å². The van der Waals surface area contributed by atoms with Crippen molar-refractivity contribution < 1.29 is 27.1 Å². The van der Waals surface area contributed by atoms with Crippen LogP contribution in [0.15, 0.2) is 54.7 Å².